The van der Waals surface area contributed by atoms with Crippen molar-refractivity contribution in [1.82, 2.24) is 5.32 Å². The van der Waals surface area contributed by atoms with E-state index in [1.165, 1.54) is 0 Å². The van der Waals surface area contributed by atoms with Crippen LogP contribution in [-0.2, 0) is 6.54 Å². The minimum Gasteiger partial charge on any atom is -0.506 e. The number of benzene rings is 1. The van der Waals surface area contributed by atoms with Crippen molar-refractivity contribution in [2.75, 3.05) is 18.1 Å². The van der Waals surface area contributed by atoms with Crippen molar-refractivity contribution in [2.45, 2.75) is 6.54 Å². The highest BCUT2D eigenvalue weighted by atomic mass is 79.9. The van der Waals surface area contributed by atoms with E-state index >= 15 is 0 Å². The van der Waals surface area contributed by atoms with Crippen molar-refractivity contribution >= 4 is 27.7 Å². The van der Waals surface area contributed by atoms with Gasteiger partial charge >= 0.3 is 0 Å². The van der Waals surface area contributed by atoms with E-state index in [-0.39, 0.29) is 0 Å². The van der Waals surface area contributed by atoms with Crippen molar-refractivity contribution in [1.29, 1.82) is 0 Å². The summed E-state index contributed by atoms with van der Waals surface area (Å²) >= 11 is 5.14. The summed E-state index contributed by atoms with van der Waals surface area (Å²) in [4.78, 5) is 0. The van der Waals surface area contributed by atoms with Crippen LogP contribution in [0.1, 0.15) is 5.56 Å². The Hall–Kier alpha value is -0.450. The Bertz CT molecular complexity index is 344. The molecule has 0 saturated carbocycles. The summed E-state index contributed by atoms with van der Waals surface area (Å²) in [7, 11) is 0. The summed E-state index contributed by atoms with van der Waals surface area (Å²) in [5, 5.41) is 13.0. The molecule has 1 aromatic carbocycles. The molecule has 0 aliphatic heterocycles. The van der Waals surface area contributed by atoms with Crippen LogP contribution in [-0.4, -0.2) is 23.2 Å². The standard InChI is InChI=1S/C12H16BrNOS/c1-2-7-16-8-6-14-9-10-4-3-5-11(13)12(10)15/h2-5,14-15H,1,6-9H2. The molecule has 1 aromatic rings. The summed E-state index contributed by atoms with van der Waals surface area (Å²) in [6, 6.07) is 5.68. The lowest BCUT2D eigenvalue weighted by Crippen LogP contribution is -2.16. The van der Waals surface area contributed by atoms with Gasteiger partial charge < -0.3 is 10.4 Å². The number of hydrogen-bond acceptors (Lipinski definition) is 3. The summed E-state index contributed by atoms with van der Waals surface area (Å²) in [5.74, 6) is 2.37. The lowest BCUT2D eigenvalue weighted by atomic mass is 10.2. The predicted octanol–water partition coefficient (Wildman–Crippen LogP) is 3.16. The highest BCUT2D eigenvalue weighted by Crippen LogP contribution is 2.27. The Kier molecular flexibility index (Phi) is 6.61. The molecule has 0 saturated heterocycles. The van der Waals surface area contributed by atoms with Crippen molar-refractivity contribution < 1.29 is 5.11 Å². The third-order valence-electron chi connectivity index (χ3n) is 2.04. The first-order valence-electron chi connectivity index (χ1n) is 5.11. The van der Waals surface area contributed by atoms with Gasteiger partial charge in [-0.1, -0.05) is 18.2 Å². The Balaban J connectivity index is 2.26. The van der Waals surface area contributed by atoms with Crippen LogP contribution in [0.4, 0.5) is 0 Å². The Morgan fingerprint density at radius 2 is 2.31 bits per heavy atom. The number of halogens is 1. The fraction of sp³-hybridized carbons (Fsp3) is 0.333. The summed E-state index contributed by atoms with van der Waals surface area (Å²) in [5.41, 5.74) is 0.920. The predicted molar refractivity (Wildman–Crippen MR) is 75.0 cm³/mol. The van der Waals surface area contributed by atoms with Crippen LogP contribution in [0.3, 0.4) is 0 Å². The van der Waals surface area contributed by atoms with Crippen LogP contribution in [0.5, 0.6) is 5.75 Å². The van der Waals surface area contributed by atoms with E-state index in [0.717, 1.165) is 28.1 Å². The van der Waals surface area contributed by atoms with Crippen LogP contribution >= 0.6 is 27.7 Å². The lowest BCUT2D eigenvalue weighted by Gasteiger charge is -2.07. The number of thioether (sulfide) groups is 1. The first kappa shape index (κ1) is 13.6. The van der Waals surface area contributed by atoms with Crippen molar-refractivity contribution in [2.24, 2.45) is 0 Å². The third kappa shape index (κ3) is 4.60. The number of phenolic OH excluding ortho intramolecular Hbond substituents is 1. The van der Waals surface area contributed by atoms with E-state index in [2.05, 4.69) is 27.8 Å². The molecule has 16 heavy (non-hydrogen) atoms. The molecule has 0 unspecified atom stereocenters. The second-order valence-electron chi connectivity index (χ2n) is 3.29. The maximum atomic E-state index is 9.73. The zero-order valence-electron chi connectivity index (χ0n) is 9.08. The van der Waals surface area contributed by atoms with Gasteiger partial charge in [-0.3, -0.25) is 0 Å². The fourth-order valence-corrected chi connectivity index (χ4v) is 2.27. The maximum Gasteiger partial charge on any atom is 0.134 e. The highest BCUT2D eigenvalue weighted by molar-refractivity contribution is 9.10. The van der Waals surface area contributed by atoms with Crippen LogP contribution in [0.15, 0.2) is 35.3 Å². The van der Waals surface area contributed by atoms with Gasteiger partial charge in [0, 0.05) is 30.2 Å². The Morgan fingerprint density at radius 1 is 1.50 bits per heavy atom. The zero-order valence-corrected chi connectivity index (χ0v) is 11.5. The lowest BCUT2D eigenvalue weighted by molar-refractivity contribution is 0.462. The average molecular weight is 302 g/mol. The first-order chi connectivity index (χ1) is 7.75. The van der Waals surface area contributed by atoms with E-state index in [0.29, 0.717) is 12.3 Å². The van der Waals surface area contributed by atoms with Crippen molar-refractivity contribution in [3.63, 3.8) is 0 Å². The molecular formula is C12H16BrNOS. The largest absolute Gasteiger partial charge is 0.506 e. The molecular weight excluding hydrogens is 286 g/mol. The third-order valence-corrected chi connectivity index (χ3v) is 3.65. The van der Waals surface area contributed by atoms with E-state index in [1.807, 2.05) is 36.0 Å². The van der Waals surface area contributed by atoms with Crippen LogP contribution < -0.4 is 5.32 Å². The summed E-state index contributed by atoms with van der Waals surface area (Å²) < 4.78 is 0.743. The average Bonchev–Trinajstić information content (AvgIpc) is 2.29. The van der Waals surface area contributed by atoms with Gasteiger partial charge in [-0.15, -0.1) is 6.58 Å². The van der Waals surface area contributed by atoms with Crippen molar-refractivity contribution in [3.05, 3.63) is 40.9 Å². The van der Waals surface area contributed by atoms with E-state index < -0.39 is 0 Å². The molecule has 2 N–H and O–H groups in total. The minimum atomic E-state index is 0.328. The molecule has 1 rings (SSSR count). The monoisotopic (exact) mass is 301 g/mol. The Labute approximate surface area is 109 Å². The summed E-state index contributed by atoms with van der Waals surface area (Å²) in [6.07, 6.45) is 1.91. The molecule has 0 bridgehead atoms. The molecule has 4 heteroatoms. The van der Waals surface area contributed by atoms with Gasteiger partial charge in [0.1, 0.15) is 5.75 Å². The smallest absolute Gasteiger partial charge is 0.134 e. The summed E-state index contributed by atoms with van der Waals surface area (Å²) in [6.45, 7) is 5.30. The van der Waals surface area contributed by atoms with Gasteiger partial charge in [0.2, 0.25) is 0 Å². The molecule has 0 spiro atoms. The molecule has 0 fully saturated rings. The molecule has 0 atom stereocenters. The molecule has 0 radical (unpaired) electrons. The molecule has 0 aliphatic carbocycles. The van der Waals surface area contributed by atoms with Gasteiger partial charge in [0.05, 0.1) is 4.47 Å². The number of nitrogens with one attached hydrogen (secondary N) is 1. The molecule has 0 aliphatic rings. The molecule has 2 nitrogen and oxygen atoms in total. The second kappa shape index (κ2) is 7.76. The number of hydrogen-bond donors (Lipinski definition) is 2. The quantitative estimate of drug-likeness (QED) is 0.599. The van der Waals surface area contributed by atoms with Crippen LogP contribution in [0.25, 0.3) is 0 Å². The van der Waals surface area contributed by atoms with Gasteiger partial charge in [0.15, 0.2) is 0 Å². The van der Waals surface area contributed by atoms with Crippen LogP contribution in [0.2, 0.25) is 0 Å². The van der Waals surface area contributed by atoms with E-state index in [9.17, 15) is 5.11 Å². The zero-order chi connectivity index (χ0) is 11.8. The number of para-hydroxylation sites is 1. The molecule has 88 valence electrons. The topological polar surface area (TPSA) is 32.3 Å². The van der Waals surface area contributed by atoms with Gasteiger partial charge in [-0.2, -0.15) is 11.8 Å². The second-order valence-corrected chi connectivity index (χ2v) is 5.29. The molecule has 0 aromatic heterocycles. The normalized spacial score (nSPS) is 10.3. The number of aromatic hydroxyl groups is 1. The van der Waals surface area contributed by atoms with Gasteiger partial charge in [-0.25, -0.2) is 0 Å². The van der Waals surface area contributed by atoms with Gasteiger partial charge in [0.25, 0.3) is 0 Å². The highest BCUT2D eigenvalue weighted by Gasteiger charge is 2.03. The SMILES string of the molecule is C=CCSCCNCc1cccc(Br)c1O. The molecule has 0 heterocycles. The maximum absolute atomic E-state index is 9.73. The number of phenols is 1. The van der Waals surface area contributed by atoms with E-state index in [1.54, 1.807) is 0 Å². The Morgan fingerprint density at radius 3 is 3.06 bits per heavy atom. The fourth-order valence-electron chi connectivity index (χ4n) is 1.24. The van der Waals surface area contributed by atoms with E-state index in [4.69, 9.17) is 0 Å². The molecule has 0 amide bonds. The first-order valence-corrected chi connectivity index (χ1v) is 7.06. The van der Waals surface area contributed by atoms with Gasteiger partial charge in [-0.05, 0) is 22.0 Å². The number of rotatable bonds is 7. The van der Waals surface area contributed by atoms with Crippen LogP contribution in [0, 0.1) is 0 Å². The minimum absolute atomic E-state index is 0.328. The van der Waals surface area contributed by atoms with Crippen molar-refractivity contribution in [3.8, 4) is 5.75 Å².